The van der Waals surface area contributed by atoms with Crippen molar-refractivity contribution in [3.63, 3.8) is 0 Å². The second kappa shape index (κ2) is 7.53. The van der Waals surface area contributed by atoms with E-state index in [9.17, 15) is 9.59 Å². The number of aryl methyl sites for hydroxylation is 1. The highest BCUT2D eigenvalue weighted by Crippen LogP contribution is 2.16. The van der Waals surface area contributed by atoms with E-state index in [1.807, 2.05) is 4.57 Å². The maximum Gasteiger partial charge on any atom is 0.313 e. The van der Waals surface area contributed by atoms with Crippen LogP contribution < -0.4 is 0 Å². The zero-order chi connectivity index (χ0) is 15.9. The molecule has 0 bridgehead atoms. The smallest absolute Gasteiger partial charge is 0.313 e. The van der Waals surface area contributed by atoms with Crippen LogP contribution in [-0.2, 0) is 32.0 Å². The number of carbonyl (C=O) groups is 2. The van der Waals surface area contributed by atoms with Gasteiger partial charge in [-0.05, 0) is 19.9 Å². The first-order chi connectivity index (χ1) is 10.7. The molecule has 118 valence electrons. The summed E-state index contributed by atoms with van der Waals surface area (Å²) in [6.45, 7) is 4.58. The van der Waals surface area contributed by atoms with Crippen LogP contribution in [0.5, 0.6) is 0 Å². The Bertz CT molecular complexity index is 666. The molecule has 2 aromatic heterocycles. The molecule has 0 amide bonds. The number of hydrogen-bond acceptors (Lipinski definition) is 6. The molecule has 0 spiro atoms. The van der Waals surface area contributed by atoms with Crippen LogP contribution in [0, 0.1) is 0 Å². The van der Waals surface area contributed by atoms with Gasteiger partial charge in [-0.3, -0.25) is 14.6 Å². The summed E-state index contributed by atoms with van der Waals surface area (Å²) in [5.74, 6) is -0.0655. The third-order valence-electron chi connectivity index (χ3n) is 3.08. The zero-order valence-corrected chi connectivity index (χ0v) is 12.7. The second-order valence-corrected chi connectivity index (χ2v) is 4.58. The lowest BCUT2D eigenvalue weighted by Gasteiger charge is -2.08. The quantitative estimate of drug-likeness (QED) is 0.721. The molecule has 0 radical (unpaired) electrons. The number of pyridine rings is 1. The van der Waals surface area contributed by atoms with Gasteiger partial charge in [-0.15, -0.1) is 0 Å². The fourth-order valence-electron chi connectivity index (χ4n) is 2.18. The summed E-state index contributed by atoms with van der Waals surface area (Å²) in [6, 6.07) is 1.77. The Morgan fingerprint density at radius 1 is 1.18 bits per heavy atom. The van der Waals surface area contributed by atoms with Gasteiger partial charge in [0.15, 0.2) is 0 Å². The van der Waals surface area contributed by atoms with E-state index in [2.05, 4.69) is 9.97 Å². The number of nitrogens with zero attached hydrogens (tertiary/aromatic N) is 3. The first-order valence-corrected chi connectivity index (χ1v) is 7.26. The van der Waals surface area contributed by atoms with Gasteiger partial charge in [-0.2, -0.15) is 0 Å². The summed E-state index contributed by atoms with van der Waals surface area (Å²) in [4.78, 5) is 31.7. The molecule has 22 heavy (non-hydrogen) atoms. The molecule has 7 nitrogen and oxygen atoms in total. The summed E-state index contributed by atoms with van der Waals surface area (Å²) in [6.07, 6.45) is 3.58. The number of fused-ring (bicyclic) bond motifs is 1. The lowest BCUT2D eigenvalue weighted by molar-refractivity contribution is -0.143. The lowest BCUT2D eigenvalue weighted by Crippen LogP contribution is -2.15. The Labute approximate surface area is 128 Å². The molecular weight excluding hydrogens is 286 g/mol. The van der Waals surface area contributed by atoms with Gasteiger partial charge in [0.05, 0.1) is 36.9 Å². The molecule has 0 aliphatic carbocycles. The van der Waals surface area contributed by atoms with Crippen LogP contribution in [0.15, 0.2) is 18.5 Å². The summed E-state index contributed by atoms with van der Waals surface area (Å²) < 4.78 is 11.7. The van der Waals surface area contributed by atoms with Gasteiger partial charge in [-0.25, -0.2) is 4.98 Å². The van der Waals surface area contributed by atoms with Crippen molar-refractivity contribution in [3.8, 4) is 0 Å². The zero-order valence-electron chi connectivity index (χ0n) is 12.7. The number of hydrogen-bond donors (Lipinski definition) is 0. The van der Waals surface area contributed by atoms with E-state index in [-0.39, 0.29) is 24.8 Å². The maximum atomic E-state index is 11.7. The highest BCUT2D eigenvalue weighted by Gasteiger charge is 2.16. The van der Waals surface area contributed by atoms with Gasteiger partial charge >= 0.3 is 11.9 Å². The van der Waals surface area contributed by atoms with Gasteiger partial charge in [0.25, 0.3) is 0 Å². The van der Waals surface area contributed by atoms with E-state index >= 15 is 0 Å². The van der Waals surface area contributed by atoms with Crippen LogP contribution in [0.25, 0.3) is 11.0 Å². The van der Waals surface area contributed by atoms with Crippen molar-refractivity contribution in [2.75, 3.05) is 13.2 Å². The van der Waals surface area contributed by atoms with Crippen molar-refractivity contribution in [1.82, 2.24) is 14.5 Å². The Hall–Kier alpha value is -2.44. The molecule has 0 saturated heterocycles. The normalized spacial score (nSPS) is 10.6. The standard InChI is InChI=1S/C15H19N3O4/c1-3-21-14(19)6-8-18-12-10-16-7-5-11(12)17-13(18)9-15(20)22-4-2/h5,7,10H,3-4,6,8-9H2,1-2H3. The Kier molecular flexibility index (Phi) is 5.46. The lowest BCUT2D eigenvalue weighted by atomic mass is 10.3. The first kappa shape index (κ1) is 15.9. The average Bonchev–Trinajstić information content (AvgIpc) is 2.83. The molecule has 0 fully saturated rings. The van der Waals surface area contributed by atoms with E-state index in [0.29, 0.717) is 25.6 Å². The fraction of sp³-hybridized carbons (Fsp3) is 0.467. The first-order valence-electron chi connectivity index (χ1n) is 7.26. The molecule has 2 rings (SSSR count). The molecule has 2 aromatic rings. The van der Waals surface area contributed by atoms with E-state index < -0.39 is 0 Å². The second-order valence-electron chi connectivity index (χ2n) is 4.58. The summed E-state index contributed by atoms with van der Waals surface area (Å²) >= 11 is 0. The minimum Gasteiger partial charge on any atom is -0.466 e. The van der Waals surface area contributed by atoms with Crippen LogP contribution in [0.4, 0.5) is 0 Å². The van der Waals surface area contributed by atoms with Crippen LogP contribution in [0.1, 0.15) is 26.1 Å². The SMILES string of the molecule is CCOC(=O)CCn1c(CC(=O)OCC)nc2ccncc21. The topological polar surface area (TPSA) is 83.3 Å². The predicted octanol–water partition coefficient (Wildman–Crippen LogP) is 1.49. The van der Waals surface area contributed by atoms with Crippen LogP contribution in [-0.4, -0.2) is 39.7 Å². The summed E-state index contributed by atoms with van der Waals surface area (Å²) in [5.41, 5.74) is 1.52. The monoisotopic (exact) mass is 305 g/mol. The van der Waals surface area contributed by atoms with Gasteiger partial charge in [0.2, 0.25) is 0 Å². The number of esters is 2. The number of aromatic nitrogens is 3. The van der Waals surface area contributed by atoms with Crippen molar-refractivity contribution in [1.29, 1.82) is 0 Å². The molecule has 2 heterocycles. The third-order valence-corrected chi connectivity index (χ3v) is 3.08. The van der Waals surface area contributed by atoms with E-state index in [1.54, 1.807) is 32.3 Å². The van der Waals surface area contributed by atoms with E-state index in [4.69, 9.17) is 9.47 Å². The van der Waals surface area contributed by atoms with E-state index in [1.165, 1.54) is 0 Å². The number of carbonyl (C=O) groups excluding carboxylic acids is 2. The number of imidazole rings is 1. The minimum absolute atomic E-state index is 0.0609. The van der Waals surface area contributed by atoms with Crippen molar-refractivity contribution in [2.45, 2.75) is 33.2 Å². The molecule has 0 aliphatic rings. The fourth-order valence-corrected chi connectivity index (χ4v) is 2.18. The van der Waals surface area contributed by atoms with Crippen LogP contribution in [0.3, 0.4) is 0 Å². The van der Waals surface area contributed by atoms with E-state index in [0.717, 1.165) is 11.0 Å². The molecular formula is C15H19N3O4. The predicted molar refractivity (Wildman–Crippen MR) is 79.1 cm³/mol. The minimum atomic E-state index is -0.344. The Morgan fingerprint density at radius 2 is 1.91 bits per heavy atom. The Balaban J connectivity index is 2.24. The van der Waals surface area contributed by atoms with Gasteiger partial charge in [-0.1, -0.05) is 0 Å². The maximum absolute atomic E-state index is 11.7. The van der Waals surface area contributed by atoms with Gasteiger partial charge in [0.1, 0.15) is 12.2 Å². The number of rotatable bonds is 7. The highest BCUT2D eigenvalue weighted by atomic mass is 16.5. The van der Waals surface area contributed by atoms with Crippen LogP contribution in [0.2, 0.25) is 0 Å². The van der Waals surface area contributed by atoms with Gasteiger partial charge in [0, 0.05) is 12.7 Å². The molecule has 7 heteroatoms. The summed E-state index contributed by atoms with van der Waals surface area (Å²) in [7, 11) is 0. The molecule has 0 aromatic carbocycles. The average molecular weight is 305 g/mol. The van der Waals surface area contributed by atoms with Crippen molar-refractivity contribution < 1.29 is 19.1 Å². The Morgan fingerprint density at radius 3 is 2.64 bits per heavy atom. The molecule has 0 atom stereocenters. The van der Waals surface area contributed by atoms with Crippen molar-refractivity contribution >= 4 is 23.0 Å². The summed E-state index contributed by atoms with van der Waals surface area (Å²) in [5, 5.41) is 0. The molecule has 0 N–H and O–H groups in total. The van der Waals surface area contributed by atoms with Crippen LogP contribution >= 0.6 is 0 Å². The largest absolute Gasteiger partial charge is 0.466 e. The highest BCUT2D eigenvalue weighted by molar-refractivity contribution is 5.78. The van der Waals surface area contributed by atoms with Crippen molar-refractivity contribution in [3.05, 3.63) is 24.3 Å². The van der Waals surface area contributed by atoms with Crippen molar-refractivity contribution in [2.24, 2.45) is 0 Å². The molecule has 0 saturated carbocycles. The van der Waals surface area contributed by atoms with Gasteiger partial charge < -0.3 is 14.0 Å². The molecule has 0 unspecified atom stereocenters. The molecule has 0 aliphatic heterocycles. The third kappa shape index (κ3) is 3.81. The number of ether oxygens (including phenoxy) is 2.